The molecule has 0 bridgehead atoms. The smallest absolute Gasteiger partial charge is 0.354 e. The maximum atomic E-state index is 10.9. The summed E-state index contributed by atoms with van der Waals surface area (Å²) in [7, 11) is 0. The van der Waals surface area contributed by atoms with Gasteiger partial charge in [-0.05, 0) is 12.1 Å². The Hall–Kier alpha value is -1.66. The van der Waals surface area contributed by atoms with Gasteiger partial charge in [0, 0.05) is 32.7 Å². The SMILES string of the molecule is O=C(O)c1cccc(N2CCN(CCO)CC2)n1. The summed E-state index contributed by atoms with van der Waals surface area (Å²) in [5, 5.41) is 17.8. The van der Waals surface area contributed by atoms with Gasteiger partial charge < -0.3 is 15.1 Å². The van der Waals surface area contributed by atoms with Crippen molar-refractivity contribution < 1.29 is 15.0 Å². The minimum atomic E-state index is -1.00. The van der Waals surface area contributed by atoms with E-state index in [9.17, 15) is 4.79 Å². The molecule has 0 saturated carbocycles. The molecule has 2 N–H and O–H groups in total. The third-order valence-corrected chi connectivity index (χ3v) is 3.07. The predicted molar refractivity (Wildman–Crippen MR) is 66.9 cm³/mol. The molecule has 1 aromatic heterocycles. The van der Waals surface area contributed by atoms with Crippen LogP contribution in [0, 0.1) is 0 Å². The first kappa shape index (κ1) is 12.8. The lowest BCUT2D eigenvalue weighted by molar-refractivity contribution is 0.0690. The highest BCUT2D eigenvalue weighted by Gasteiger charge is 2.18. The number of hydrogen-bond donors (Lipinski definition) is 2. The standard InChI is InChI=1S/C12H17N3O3/c16-9-8-14-4-6-15(7-5-14)11-3-1-2-10(13-11)12(17)18/h1-3,16H,4-9H2,(H,17,18). The Morgan fingerprint density at radius 3 is 2.61 bits per heavy atom. The molecular formula is C12H17N3O3. The van der Waals surface area contributed by atoms with Crippen LogP contribution in [0.5, 0.6) is 0 Å². The summed E-state index contributed by atoms with van der Waals surface area (Å²) >= 11 is 0. The van der Waals surface area contributed by atoms with Crippen LogP contribution in [0.15, 0.2) is 18.2 Å². The minimum Gasteiger partial charge on any atom is -0.477 e. The average Bonchev–Trinajstić information content (AvgIpc) is 2.40. The van der Waals surface area contributed by atoms with Crippen LogP contribution in [0.25, 0.3) is 0 Å². The highest BCUT2D eigenvalue weighted by atomic mass is 16.4. The van der Waals surface area contributed by atoms with E-state index in [4.69, 9.17) is 10.2 Å². The second kappa shape index (κ2) is 5.79. The number of β-amino-alcohol motifs (C(OH)–C–C–N with tert-alkyl or cyclic N) is 1. The largest absolute Gasteiger partial charge is 0.477 e. The van der Waals surface area contributed by atoms with E-state index in [1.807, 2.05) is 6.07 Å². The highest BCUT2D eigenvalue weighted by Crippen LogP contribution is 2.14. The molecule has 0 unspecified atom stereocenters. The molecule has 98 valence electrons. The number of rotatable bonds is 4. The Bertz CT molecular complexity index is 417. The van der Waals surface area contributed by atoms with Crippen LogP contribution in [0.2, 0.25) is 0 Å². The van der Waals surface area contributed by atoms with E-state index in [0.29, 0.717) is 12.4 Å². The van der Waals surface area contributed by atoms with Crippen LogP contribution in [-0.4, -0.2) is 65.4 Å². The number of piperazine rings is 1. The Morgan fingerprint density at radius 2 is 2.00 bits per heavy atom. The quantitative estimate of drug-likeness (QED) is 0.778. The van der Waals surface area contributed by atoms with Gasteiger partial charge in [-0.3, -0.25) is 4.90 Å². The van der Waals surface area contributed by atoms with Crippen molar-refractivity contribution in [3.63, 3.8) is 0 Å². The van der Waals surface area contributed by atoms with E-state index in [1.54, 1.807) is 6.07 Å². The molecule has 1 saturated heterocycles. The number of carboxylic acids is 1. The summed E-state index contributed by atoms with van der Waals surface area (Å²) in [4.78, 5) is 19.2. The summed E-state index contributed by atoms with van der Waals surface area (Å²) < 4.78 is 0. The zero-order chi connectivity index (χ0) is 13.0. The number of nitrogens with zero attached hydrogens (tertiary/aromatic N) is 3. The van der Waals surface area contributed by atoms with Crippen molar-refractivity contribution in [1.82, 2.24) is 9.88 Å². The Balaban J connectivity index is 2.01. The monoisotopic (exact) mass is 251 g/mol. The second-order valence-electron chi connectivity index (χ2n) is 4.24. The minimum absolute atomic E-state index is 0.0743. The number of pyridine rings is 1. The van der Waals surface area contributed by atoms with E-state index in [0.717, 1.165) is 26.2 Å². The Kier molecular flexibility index (Phi) is 4.11. The van der Waals surface area contributed by atoms with E-state index in [2.05, 4.69) is 14.8 Å². The maximum Gasteiger partial charge on any atom is 0.354 e. The first-order valence-corrected chi connectivity index (χ1v) is 5.99. The fraction of sp³-hybridized carbons (Fsp3) is 0.500. The van der Waals surface area contributed by atoms with Crippen molar-refractivity contribution in [3.8, 4) is 0 Å². The van der Waals surface area contributed by atoms with E-state index in [-0.39, 0.29) is 12.3 Å². The third kappa shape index (κ3) is 2.96. The fourth-order valence-electron chi connectivity index (χ4n) is 2.06. The van der Waals surface area contributed by atoms with Crippen LogP contribution in [0.3, 0.4) is 0 Å². The summed E-state index contributed by atoms with van der Waals surface area (Å²) in [5.74, 6) is -0.297. The summed E-state index contributed by atoms with van der Waals surface area (Å²) in [5.41, 5.74) is 0.0743. The summed E-state index contributed by atoms with van der Waals surface area (Å²) in [6.07, 6.45) is 0. The van der Waals surface area contributed by atoms with E-state index in [1.165, 1.54) is 6.07 Å². The van der Waals surface area contributed by atoms with Crippen LogP contribution in [0.4, 0.5) is 5.82 Å². The summed E-state index contributed by atoms with van der Waals surface area (Å²) in [6, 6.07) is 5.04. The van der Waals surface area contributed by atoms with Crippen molar-refractivity contribution in [3.05, 3.63) is 23.9 Å². The summed E-state index contributed by atoms with van der Waals surface area (Å²) in [6.45, 7) is 4.19. The van der Waals surface area contributed by atoms with Gasteiger partial charge in [0.05, 0.1) is 6.61 Å². The number of aromatic nitrogens is 1. The molecule has 2 heterocycles. The number of hydrogen-bond acceptors (Lipinski definition) is 5. The first-order valence-electron chi connectivity index (χ1n) is 5.99. The van der Waals surface area contributed by atoms with Crippen LogP contribution < -0.4 is 4.90 Å². The zero-order valence-corrected chi connectivity index (χ0v) is 10.1. The number of carbonyl (C=O) groups is 1. The van der Waals surface area contributed by atoms with Crippen molar-refractivity contribution in [2.24, 2.45) is 0 Å². The molecule has 1 fully saturated rings. The van der Waals surface area contributed by atoms with E-state index < -0.39 is 5.97 Å². The molecular weight excluding hydrogens is 234 g/mol. The van der Waals surface area contributed by atoms with Gasteiger partial charge in [0.1, 0.15) is 5.82 Å². The molecule has 1 aliphatic heterocycles. The van der Waals surface area contributed by atoms with Crippen LogP contribution in [0.1, 0.15) is 10.5 Å². The molecule has 0 aliphatic carbocycles. The first-order chi connectivity index (χ1) is 8.70. The second-order valence-corrected chi connectivity index (χ2v) is 4.24. The number of aliphatic hydroxyl groups is 1. The van der Waals surface area contributed by atoms with Crippen LogP contribution in [-0.2, 0) is 0 Å². The Morgan fingerprint density at radius 1 is 1.28 bits per heavy atom. The van der Waals surface area contributed by atoms with Gasteiger partial charge in [-0.25, -0.2) is 9.78 Å². The van der Waals surface area contributed by atoms with E-state index >= 15 is 0 Å². The molecule has 1 aliphatic rings. The van der Waals surface area contributed by atoms with Crippen molar-refractivity contribution in [2.75, 3.05) is 44.2 Å². The van der Waals surface area contributed by atoms with Crippen molar-refractivity contribution >= 4 is 11.8 Å². The number of aromatic carboxylic acids is 1. The molecule has 0 atom stereocenters. The topological polar surface area (TPSA) is 76.9 Å². The molecule has 0 amide bonds. The molecule has 0 radical (unpaired) electrons. The molecule has 6 nitrogen and oxygen atoms in total. The molecule has 6 heteroatoms. The molecule has 1 aromatic rings. The molecule has 0 aromatic carbocycles. The van der Waals surface area contributed by atoms with Gasteiger partial charge in [0.15, 0.2) is 5.69 Å². The lowest BCUT2D eigenvalue weighted by Crippen LogP contribution is -2.47. The van der Waals surface area contributed by atoms with Gasteiger partial charge in [-0.1, -0.05) is 6.07 Å². The lowest BCUT2D eigenvalue weighted by Gasteiger charge is -2.35. The highest BCUT2D eigenvalue weighted by molar-refractivity contribution is 5.85. The average molecular weight is 251 g/mol. The normalized spacial score (nSPS) is 16.8. The van der Waals surface area contributed by atoms with Gasteiger partial charge in [-0.15, -0.1) is 0 Å². The zero-order valence-electron chi connectivity index (χ0n) is 10.1. The molecule has 2 rings (SSSR count). The van der Waals surface area contributed by atoms with Gasteiger partial charge in [-0.2, -0.15) is 0 Å². The maximum absolute atomic E-state index is 10.9. The van der Waals surface area contributed by atoms with Gasteiger partial charge >= 0.3 is 5.97 Å². The lowest BCUT2D eigenvalue weighted by atomic mass is 10.3. The van der Waals surface area contributed by atoms with Crippen molar-refractivity contribution in [2.45, 2.75) is 0 Å². The van der Waals surface area contributed by atoms with Crippen LogP contribution >= 0.6 is 0 Å². The Labute approximate surface area is 105 Å². The third-order valence-electron chi connectivity index (χ3n) is 3.07. The van der Waals surface area contributed by atoms with Gasteiger partial charge in [0.25, 0.3) is 0 Å². The predicted octanol–water partition coefficient (Wildman–Crippen LogP) is -0.106. The molecule has 0 spiro atoms. The number of carboxylic acid groups (broad SMARTS) is 1. The van der Waals surface area contributed by atoms with Gasteiger partial charge in [0.2, 0.25) is 0 Å². The molecule has 18 heavy (non-hydrogen) atoms. The fourth-order valence-corrected chi connectivity index (χ4v) is 2.06. The number of aliphatic hydroxyl groups excluding tert-OH is 1. The van der Waals surface area contributed by atoms with Crippen molar-refractivity contribution in [1.29, 1.82) is 0 Å². The number of anilines is 1.